The molecule has 112 valence electrons. The van der Waals surface area contributed by atoms with Crippen molar-refractivity contribution in [3.8, 4) is 0 Å². The Morgan fingerprint density at radius 2 is 1.79 bits per heavy atom. The molecule has 1 N–H and O–H groups in total. The standard InChI is InChI=1S/C13H27N3O2S/c1-15(2)11-12-5-8-16(9-6-12)19(17,18)10-7-14-13-3-4-13/h12-14H,3-11H2,1-2H3. The highest BCUT2D eigenvalue weighted by molar-refractivity contribution is 7.89. The lowest BCUT2D eigenvalue weighted by molar-refractivity contribution is 0.225. The Balaban J connectivity index is 1.72. The van der Waals surface area contributed by atoms with Gasteiger partial charge in [-0.05, 0) is 45.7 Å². The summed E-state index contributed by atoms with van der Waals surface area (Å²) in [4.78, 5) is 2.19. The molecule has 2 aliphatic rings. The number of hydrogen-bond donors (Lipinski definition) is 1. The Kier molecular flexibility index (Phi) is 5.22. The van der Waals surface area contributed by atoms with Gasteiger partial charge in [-0.25, -0.2) is 12.7 Å². The van der Waals surface area contributed by atoms with Gasteiger partial charge < -0.3 is 10.2 Å². The van der Waals surface area contributed by atoms with Crippen LogP contribution in [0, 0.1) is 5.92 Å². The highest BCUT2D eigenvalue weighted by atomic mass is 32.2. The van der Waals surface area contributed by atoms with E-state index < -0.39 is 10.0 Å². The van der Waals surface area contributed by atoms with Gasteiger partial charge in [0.1, 0.15) is 0 Å². The van der Waals surface area contributed by atoms with Gasteiger partial charge in [0.2, 0.25) is 10.0 Å². The molecule has 1 saturated heterocycles. The Hall–Kier alpha value is -0.170. The molecule has 0 atom stereocenters. The molecule has 5 nitrogen and oxygen atoms in total. The van der Waals surface area contributed by atoms with Crippen LogP contribution in [0.3, 0.4) is 0 Å². The maximum atomic E-state index is 12.2. The van der Waals surface area contributed by atoms with E-state index >= 15 is 0 Å². The molecule has 0 unspecified atom stereocenters. The maximum absolute atomic E-state index is 12.2. The molecule has 1 heterocycles. The summed E-state index contributed by atoms with van der Waals surface area (Å²) < 4.78 is 26.1. The first-order chi connectivity index (χ1) is 8.97. The van der Waals surface area contributed by atoms with Crippen LogP contribution >= 0.6 is 0 Å². The normalized spacial score (nSPS) is 23.1. The van der Waals surface area contributed by atoms with Crippen LogP contribution in [-0.2, 0) is 10.0 Å². The number of nitrogens with one attached hydrogen (secondary N) is 1. The van der Waals surface area contributed by atoms with Gasteiger partial charge in [0, 0.05) is 32.2 Å². The average molecular weight is 289 g/mol. The monoisotopic (exact) mass is 289 g/mol. The zero-order valence-corrected chi connectivity index (χ0v) is 13.0. The van der Waals surface area contributed by atoms with Gasteiger partial charge in [0.05, 0.1) is 5.75 Å². The van der Waals surface area contributed by atoms with E-state index in [4.69, 9.17) is 0 Å². The van der Waals surface area contributed by atoms with Crippen LogP contribution < -0.4 is 5.32 Å². The minimum absolute atomic E-state index is 0.252. The van der Waals surface area contributed by atoms with Gasteiger partial charge in [-0.2, -0.15) is 0 Å². The smallest absolute Gasteiger partial charge is 0.215 e. The molecule has 19 heavy (non-hydrogen) atoms. The van der Waals surface area contributed by atoms with E-state index in [9.17, 15) is 8.42 Å². The summed E-state index contributed by atoms with van der Waals surface area (Å²) in [5, 5.41) is 3.27. The fourth-order valence-corrected chi connectivity index (χ4v) is 4.10. The van der Waals surface area contributed by atoms with Crippen LogP contribution in [0.15, 0.2) is 0 Å². The lowest BCUT2D eigenvalue weighted by Gasteiger charge is -2.32. The third-order valence-electron chi connectivity index (χ3n) is 3.96. The first-order valence-corrected chi connectivity index (χ1v) is 8.94. The van der Waals surface area contributed by atoms with Gasteiger partial charge in [-0.15, -0.1) is 0 Å². The second-order valence-corrected chi connectivity index (χ2v) is 8.24. The number of hydrogen-bond acceptors (Lipinski definition) is 4. The van der Waals surface area contributed by atoms with Gasteiger partial charge in [-0.3, -0.25) is 0 Å². The van der Waals surface area contributed by atoms with Gasteiger partial charge in [-0.1, -0.05) is 0 Å². The molecule has 0 aromatic heterocycles. The van der Waals surface area contributed by atoms with E-state index in [0.29, 0.717) is 31.6 Å². The highest BCUT2D eigenvalue weighted by Gasteiger charge is 2.28. The maximum Gasteiger partial charge on any atom is 0.215 e. The quantitative estimate of drug-likeness (QED) is 0.734. The van der Waals surface area contributed by atoms with Crippen molar-refractivity contribution < 1.29 is 8.42 Å². The van der Waals surface area contributed by atoms with Crippen molar-refractivity contribution in [3.05, 3.63) is 0 Å². The summed E-state index contributed by atoms with van der Waals surface area (Å²) in [6.07, 6.45) is 4.40. The van der Waals surface area contributed by atoms with Gasteiger partial charge >= 0.3 is 0 Å². The van der Waals surface area contributed by atoms with Crippen molar-refractivity contribution in [2.24, 2.45) is 5.92 Å². The molecule has 1 aliphatic heterocycles. The first kappa shape index (κ1) is 15.2. The van der Waals surface area contributed by atoms with E-state index in [1.165, 1.54) is 12.8 Å². The zero-order valence-electron chi connectivity index (χ0n) is 12.1. The molecule has 1 aliphatic carbocycles. The van der Waals surface area contributed by atoms with Crippen molar-refractivity contribution in [1.29, 1.82) is 0 Å². The Morgan fingerprint density at radius 1 is 1.16 bits per heavy atom. The van der Waals surface area contributed by atoms with E-state index in [1.807, 2.05) is 0 Å². The molecule has 0 bridgehead atoms. The summed E-state index contributed by atoms with van der Waals surface area (Å²) in [6, 6.07) is 0.584. The SMILES string of the molecule is CN(C)CC1CCN(S(=O)(=O)CCNC2CC2)CC1. The molecule has 0 radical (unpaired) electrons. The summed E-state index contributed by atoms with van der Waals surface area (Å²) in [6.45, 7) is 3.07. The Labute approximate surface area is 117 Å². The van der Waals surface area contributed by atoms with Crippen molar-refractivity contribution >= 4 is 10.0 Å². The van der Waals surface area contributed by atoms with Gasteiger partial charge in [0.15, 0.2) is 0 Å². The summed E-state index contributed by atoms with van der Waals surface area (Å²) in [5.41, 5.74) is 0. The van der Waals surface area contributed by atoms with Crippen molar-refractivity contribution in [3.63, 3.8) is 0 Å². The van der Waals surface area contributed by atoms with Crippen molar-refractivity contribution in [1.82, 2.24) is 14.5 Å². The minimum atomic E-state index is -3.05. The van der Waals surface area contributed by atoms with Crippen molar-refractivity contribution in [2.45, 2.75) is 31.7 Å². The lowest BCUT2D eigenvalue weighted by Crippen LogP contribution is -2.43. The molecule has 0 aromatic carbocycles. The fraction of sp³-hybridized carbons (Fsp3) is 1.00. The number of sulfonamides is 1. The summed E-state index contributed by atoms with van der Waals surface area (Å²) in [7, 11) is 1.11. The minimum Gasteiger partial charge on any atom is -0.313 e. The predicted octanol–water partition coefficient (Wildman–Crippen LogP) is 0.342. The van der Waals surface area contributed by atoms with Crippen LogP contribution in [0.1, 0.15) is 25.7 Å². The largest absolute Gasteiger partial charge is 0.313 e. The Bertz CT molecular complexity index is 371. The molecule has 0 aromatic rings. The zero-order chi connectivity index (χ0) is 13.9. The third kappa shape index (κ3) is 5.02. The third-order valence-corrected chi connectivity index (χ3v) is 5.83. The van der Waals surface area contributed by atoms with E-state index in [1.54, 1.807) is 4.31 Å². The van der Waals surface area contributed by atoms with Crippen LogP contribution in [0.2, 0.25) is 0 Å². The molecule has 0 spiro atoms. The van der Waals surface area contributed by atoms with E-state index in [2.05, 4.69) is 24.3 Å². The fourth-order valence-electron chi connectivity index (χ4n) is 2.69. The van der Waals surface area contributed by atoms with Gasteiger partial charge in [0.25, 0.3) is 0 Å². The molecule has 1 saturated carbocycles. The molecule has 6 heteroatoms. The molecule has 0 amide bonds. The van der Waals surface area contributed by atoms with Crippen LogP contribution in [-0.4, -0.2) is 69.7 Å². The van der Waals surface area contributed by atoms with Crippen molar-refractivity contribution in [2.75, 3.05) is 46.0 Å². The van der Waals surface area contributed by atoms with Crippen LogP contribution in [0.4, 0.5) is 0 Å². The summed E-state index contributed by atoms with van der Waals surface area (Å²) in [5.74, 6) is 0.896. The first-order valence-electron chi connectivity index (χ1n) is 7.33. The topological polar surface area (TPSA) is 52.7 Å². The van der Waals surface area contributed by atoms with E-state index in [-0.39, 0.29) is 5.75 Å². The van der Waals surface area contributed by atoms with Crippen LogP contribution in [0.5, 0.6) is 0 Å². The highest BCUT2D eigenvalue weighted by Crippen LogP contribution is 2.21. The average Bonchev–Trinajstić information content (AvgIpc) is 3.13. The Morgan fingerprint density at radius 3 is 2.32 bits per heavy atom. The van der Waals surface area contributed by atoms with Crippen LogP contribution in [0.25, 0.3) is 0 Å². The van der Waals surface area contributed by atoms with E-state index in [0.717, 1.165) is 19.4 Å². The number of nitrogens with zero attached hydrogens (tertiary/aromatic N) is 2. The second kappa shape index (κ2) is 6.52. The lowest BCUT2D eigenvalue weighted by atomic mass is 9.98. The number of rotatable bonds is 7. The molecular weight excluding hydrogens is 262 g/mol. The second-order valence-electron chi connectivity index (χ2n) is 6.15. The molecule has 2 fully saturated rings. The predicted molar refractivity (Wildman–Crippen MR) is 77.7 cm³/mol. The molecule has 2 rings (SSSR count). The number of piperidine rings is 1. The summed E-state index contributed by atoms with van der Waals surface area (Å²) >= 11 is 0. The molecular formula is C13H27N3O2S.